The third kappa shape index (κ3) is 6.42. The third-order valence-electron chi connectivity index (χ3n) is 8.58. The predicted molar refractivity (Wildman–Crippen MR) is 172 cm³/mol. The van der Waals surface area contributed by atoms with Gasteiger partial charge in [0, 0.05) is 0 Å². The summed E-state index contributed by atoms with van der Waals surface area (Å²) in [5, 5.41) is 0. The van der Waals surface area contributed by atoms with Crippen LogP contribution in [0.15, 0.2) is 0 Å². The normalized spacial score (nSPS) is 16.9. The van der Waals surface area contributed by atoms with Gasteiger partial charge in [0.1, 0.15) is 0 Å². The Hall–Kier alpha value is 1.14. The fourth-order valence-electron chi connectivity index (χ4n) is 8.01. The first-order valence-corrected chi connectivity index (χ1v) is 46.3. The second kappa shape index (κ2) is 10.9. The minimum atomic E-state index is -6.05. The van der Waals surface area contributed by atoms with Gasteiger partial charge >= 0.3 is 31.3 Å². The van der Waals surface area contributed by atoms with Gasteiger partial charge in [-0.15, -0.1) is 0 Å². The zero-order valence-corrected chi connectivity index (χ0v) is 36.2. The van der Waals surface area contributed by atoms with Crippen molar-refractivity contribution < 1.29 is 50.9 Å². The van der Waals surface area contributed by atoms with Crippen molar-refractivity contribution in [3.05, 3.63) is 0 Å². The highest BCUT2D eigenvalue weighted by atomic mass is 32.2. The zero-order chi connectivity index (χ0) is 33.4. The number of rotatable bonds is 11. The Morgan fingerprint density at radius 3 is 0.650 bits per heavy atom. The Morgan fingerprint density at radius 1 is 0.400 bits per heavy atom. The lowest BCUT2D eigenvalue weighted by molar-refractivity contribution is -0.0505. The molecule has 0 aliphatic carbocycles. The van der Waals surface area contributed by atoms with Gasteiger partial charge in [0.2, 0.25) is 0 Å². The highest BCUT2D eigenvalue weighted by molar-refractivity contribution is 8.12. The first kappa shape index (κ1) is 41.1. The summed E-state index contributed by atoms with van der Waals surface area (Å²) < 4.78 is 147. The molecule has 0 saturated heterocycles. The molecule has 0 aromatic rings. The van der Waals surface area contributed by atoms with Crippen molar-refractivity contribution in [2.45, 2.75) is 116 Å². The molecular formula is C18H48F6O6S2Si8. The van der Waals surface area contributed by atoms with E-state index in [1.165, 1.54) is 0 Å². The summed E-state index contributed by atoms with van der Waals surface area (Å²) in [6, 6.07) is 0. The second-order valence-corrected chi connectivity index (χ2v) is 105. The van der Waals surface area contributed by atoms with Crippen LogP contribution in [0, 0.1) is 0 Å². The van der Waals surface area contributed by atoms with Crippen LogP contribution in [0.2, 0.25) is 105 Å². The van der Waals surface area contributed by atoms with Gasteiger partial charge in [-0.3, -0.25) is 0 Å². The SMILES string of the molecule is C[Si](C)(C)[Si](OS(=O)(=O)C(F)(F)F)([Si](C)(C)C)[Si](C)(C)[Si](C)(C)[Si](OS(=O)(=O)C(F)(F)F)([Si](C)(C)C)[Si](C)(C)C. The predicted octanol–water partition coefficient (Wildman–Crippen LogP) is 6.93. The van der Waals surface area contributed by atoms with E-state index in [-0.39, 0.29) is 0 Å². The summed E-state index contributed by atoms with van der Waals surface area (Å²) >= 11 is 0. The molecule has 0 atom stereocenters. The van der Waals surface area contributed by atoms with Crippen LogP contribution in [-0.2, 0) is 28.0 Å². The molecule has 0 rings (SSSR count). The second-order valence-electron chi connectivity index (χ2n) is 15.6. The molecule has 0 heterocycles. The Bertz CT molecular complexity index is 1040. The maximum atomic E-state index is 14.0. The fourth-order valence-corrected chi connectivity index (χ4v) is 314. The van der Waals surface area contributed by atoms with Crippen molar-refractivity contribution in [3.63, 3.8) is 0 Å². The Kier molecular flexibility index (Phi) is 11.2. The first-order valence-electron chi connectivity index (χ1n) is 12.7. The molecule has 0 bridgehead atoms. The van der Waals surface area contributed by atoms with E-state index in [9.17, 15) is 43.2 Å². The van der Waals surface area contributed by atoms with E-state index in [0.717, 1.165) is 0 Å². The van der Waals surface area contributed by atoms with Crippen LogP contribution in [0.5, 0.6) is 0 Å². The smallest absolute Gasteiger partial charge is 0.318 e. The third-order valence-corrected chi connectivity index (χ3v) is 184. The Labute approximate surface area is 244 Å². The van der Waals surface area contributed by atoms with E-state index in [4.69, 9.17) is 7.74 Å². The van der Waals surface area contributed by atoms with Crippen LogP contribution in [0.3, 0.4) is 0 Å². The van der Waals surface area contributed by atoms with Gasteiger partial charge in [-0.25, -0.2) is 0 Å². The molecule has 0 aromatic carbocycles. The molecule has 6 nitrogen and oxygen atoms in total. The number of hydrogen-bond acceptors (Lipinski definition) is 6. The van der Waals surface area contributed by atoms with Crippen LogP contribution in [0.4, 0.5) is 26.3 Å². The average Bonchev–Trinajstić information content (AvgIpc) is 2.57. The molecule has 22 heteroatoms. The molecule has 242 valence electrons. The topological polar surface area (TPSA) is 86.7 Å². The largest absolute Gasteiger partial charge is 0.522 e. The van der Waals surface area contributed by atoms with Gasteiger partial charge in [0.15, 0.2) is 13.7 Å². The summed E-state index contributed by atoms with van der Waals surface area (Å²) in [5.74, 6) is 0. The average molecular weight is 763 g/mol. The highest BCUT2D eigenvalue weighted by Crippen LogP contribution is 2.51. The minimum absolute atomic E-state index is 1.79. The molecule has 0 fully saturated rings. The number of alkyl halides is 6. The summed E-state index contributed by atoms with van der Waals surface area (Å²) in [7, 11) is -31.0. The lowest BCUT2D eigenvalue weighted by atomic mass is 11.6. The van der Waals surface area contributed by atoms with Crippen LogP contribution in [-0.4, -0.2) is 86.2 Å². The van der Waals surface area contributed by atoms with Gasteiger partial charge in [0.25, 0.3) is 0 Å². The van der Waals surface area contributed by atoms with Crippen molar-refractivity contribution in [1.82, 2.24) is 0 Å². The van der Waals surface area contributed by atoms with Crippen molar-refractivity contribution in [3.8, 4) is 0 Å². The zero-order valence-electron chi connectivity index (χ0n) is 26.5. The molecule has 40 heavy (non-hydrogen) atoms. The van der Waals surface area contributed by atoms with Gasteiger partial charge in [0.05, 0.1) is 44.6 Å². The van der Waals surface area contributed by atoms with E-state index in [1.807, 2.05) is 0 Å². The van der Waals surface area contributed by atoms with Crippen LogP contribution < -0.4 is 0 Å². The lowest BCUT2D eigenvalue weighted by Crippen LogP contribution is -2.99. The Morgan fingerprint density at radius 2 is 0.550 bits per heavy atom. The lowest BCUT2D eigenvalue weighted by Gasteiger charge is -2.66. The highest BCUT2D eigenvalue weighted by Gasteiger charge is 2.81. The van der Waals surface area contributed by atoms with Crippen LogP contribution >= 0.6 is 0 Å². The molecule has 0 aliphatic rings. The summed E-state index contributed by atoms with van der Waals surface area (Å²) in [6.07, 6.45) is 0. The molecule has 0 aliphatic heterocycles. The van der Waals surface area contributed by atoms with Crippen molar-refractivity contribution in [2.75, 3.05) is 0 Å². The Balaban J connectivity index is 8.55. The van der Waals surface area contributed by atoms with Crippen LogP contribution in [0.1, 0.15) is 0 Å². The summed E-state index contributed by atoms with van der Waals surface area (Å²) in [6.45, 7) is 20.7. The van der Waals surface area contributed by atoms with E-state index in [0.29, 0.717) is 0 Å². The van der Waals surface area contributed by atoms with Crippen molar-refractivity contribution in [2.24, 2.45) is 0 Å². The quantitative estimate of drug-likeness (QED) is 0.129. The molecule has 0 unspecified atom stereocenters. The van der Waals surface area contributed by atoms with E-state index < -0.39 is 89.6 Å². The maximum absolute atomic E-state index is 14.0. The van der Waals surface area contributed by atoms with Crippen LogP contribution in [0.25, 0.3) is 0 Å². The maximum Gasteiger partial charge on any atom is 0.522 e. The van der Waals surface area contributed by atoms with E-state index >= 15 is 0 Å². The summed E-state index contributed by atoms with van der Waals surface area (Å²) in [5.41, 5.74) is -11.4. The monoisotopic (exact) mass is 762 g/mol. The van der Waals surface area contributed by atoms with E-state index in [1.54, 1.807) is 105 Å². The molecule has 0 radical (unpaired) electrons. The first-order chi connectivity index (χ1) is 16.7. The van der Waals surface area contributed by atoms with Crippen molar-refractivity contribution in [1.29, 1.82) is 0 Å². The molecule has 0 N–H and O–H groups in total. The van der Waals surface area contributed by atoms with Gasteiger partial charge in [-0.05, 0) is 0 Å². The molecule has 0 spiro atoms. The van der Waals surface area contributed by atoms with Gasteiger partial charge in [-0.1, -0.05) is 105 Å². The fraction of sp³-hybridized carbons (Fsp3) is 1.00. The summed E-state index contributed by atoms with van der Waals surface area (Å²) in [4.78, 5) is 0. The minimum Gasteiger partial charge on any atom is -0.318 e. The molecule has 0 amide bonds. The number of halogens is 6. The van der Waals surface area contributed by atoms with Crippen molar-refractivity contribution >= 4 is 78.6 Å². The number of hydrogen-bond donors (Lipinski definition) is 0. The van der Waals surface area contributed by atoms with E-state index in [2.05, 4.69) is 0 Å². The standard InChI is InChI=1S/C18H48F6O6S2Si8/c1-33(2,3)39(34(4,5)6,29-31(25,26)17(19,20)21)37(13,14)38(15,16)40(35(7,8)9,36(10,11)12)30-32(27,28)18(22,23)24/h1-16H3. The van der Waals surface area contributed by atoms with Gasteiger partial charge in [-0.2, -0.15) is 43.2 Å². The molecular weight excluding hydrogens is 715 g/mol. The molecule has 0 aromatic heterocycles. The van der Waals surface area contributed by atoms with Gasteiger partial charge < -0.3 is 7.74 Å². The molecule has 0 saturated carbocycles.